The molecule has 150 valence electrons. The van der Waals surface area contributed by atoms with Crippen molar-refractivity contribution in [2.45, 2.75) is 13.8 Å². The molecule has 0 spiro atoms. The van der Waals surface area contributed by atoms with Gasteiger partial charge in [0, 0.05) is 18.8 Å². The predicted octanol–water partition coefficient (Wildman–Crippen LogP) is 6.44. The molecule has 0 aliphatic carbocycles. The fraction of sp³-hybridized carbons (Fsp3) is 0.235. The Labute approximate surface area is 152 Å². The van der Waals surface area contributed by atoms with Gasteiger partial charge in [-0.25, -0.2) is 8.97 Å². The number of nitrogens with zero attached hydrogens (tertiary/aromatic N) is 3. The number of pyridine rings is 1. The van der Waals surface area contributed by atoms with Gasteiger partial charge in [0.05, 0.1) is 6.20 Å². The molecule has 10 heteroatoms. The molecule has 0 bridgehead atoms. The summed E-state index contributed by atoms with van der Waals surface area (Å²) in [6.07, 6.45) is 6.31. The van der Waals surface area contributed by atoms with Gasteiger partial charge in [-0.15, -0.1) is 0 Å². The molecular formula is C17H20F6N3P. The van der Waals surface area contributed by atoms with E-state index in [1.165, 1.54) is 16.9 Å². The van der Waals surface area contributed by atoms with Crippen LogP contribution in [0.25, 0.3) is 11.2 Å². The summed E-state index contributed by atoms with van der Waals surface area (Å²) in [5.41, 5.74) is 3.66. The summed E-state index contributed by atoms with van der Waals surface area (Å²) in [7, 11) is -10.7. The molecule has 0 aliphatic heterocycles. The second-order valence-corrected chi connectivity index (χ2v) is 7.75. The van der Waals surface area contributed by atoms with Crippen LogP contribution >= 0.6 is 7.81 Å². The normalized spacial score (nSPS) is 14.1. The van der Waals surface area contributed by atoms with Crippen LogP contribution in [0.4, 0.5) is 30.9 Å². The van der Waals surface area contributed by atoms with Crippen molar-refractivity contribution in [3.05, 3.63) is 61.2 Å². The standard InChI is InChI=1S/C17H20N3.F6P/c1-3-18(4-2)15-8-10-16(11-9-15)20-13-17-7-5-6-12-19(17)14-20;1-7(2,3,4,5)6/h5-14H,3-4H2,1-2H3;/q+1;-1. The number of hydrogen-bond donors (Lipinski definition) is 0. The van der Waals surface area contributed by atoms with Crippen molar-refractivity contribution in [2.75, 3.05) is 18.0 Å². The first-order valence-electron chi connectivity index (χ1n) is 8.16. The maximum atomic E-state index is 9.87. The van der Waals surface area contributed by atoms with Gasteiger partial charge >= 0.3 is 33.0 Å². The van der Waals surface area contributed by atoms with Crippen LogP contribution in [0.1, 0.15) is 13.8 Å². The van der Waals surface area contributed by atoms with Crippen molar-refractivity contribution in [2.24, 2.45) is 0 Å². The Morgan fingerprint density at radius 3 is 1.93 bits per heavy atom. The van der Waals surface area contributed by atoms with Crippen LogP contribution in [0.3, 0.4) is 0 Å². The Bertz CT molecular complexity index is 856. The predicted molar refractivity (Wildman–Crippen MR) is 96.1 cm³/mol. The summed E-state index contributed by atoms with van der Waals surface area (Å²) in [6.45, 7) is 6.46. The summed E-state index contributed by atoms with van der Waals surface area (Å²) in [5.74, 6) is 0. The van der Waals surface area contributed by atoms with E-state index in [-0.39, 0.29) is 0 Å². The van der Waals surface area contributed by atoms with Crippen LogP contribution in [0.15, 0.2) is 61.2 Å². The van der Waals surface area contributed by atoms with E-state index in [4.69, 9.17) is 0 Å². The van der Waals surface area contributed by atoms with E-state index >= 15 is 0 Å². The molecule has 0 saturated carbocycles. The SMILES string of the molecule is CCN(CC)c1ccc(-[n+]2cc3ccccn3c2)cc1.F[P-](F)(F)(F)(F)F. The summed E-state index contributed by atoms with van der Waals surface area (Å²) >= 11 is 0. The van der Waals surface area contributed by atoms with Gasteiger partial charge in [-0.2, -0.15) is 0 Å². The number of fused-ring (bicyclic) bond motifs is 1. The molecule has 3 nitrogen and oxygen atoms in total. The quantitative estimate of drug-likeness (QED) is 0.273. The molecule has 0 aliphatic rings. The molecule has 2 aromatic heterocycles. The topological polar surface area (TPSA) is 11.5 Å². The fourth-order valence-corrected chi connectivity index (χ4v) is 2.56. The van der Waals surface area contributed by atoms with E-state index in [2.05, 4.69) is 82.8 Å². The third kappa shape index (κ3) is 7.46. The summed E-state index contributed by atoms with van der Waals surface area (Å²) in [6, 6.07) is 14.9. The van der Waals surface area contributed by atoms with Crippen molar-refractivity contribution in [3.8, 4) is 5.69 Å². The van der Waals surface area contributed by atoms with Crippen molar-refractivity contribution in [1.82, 2.24) is 4.40 Å². The van der Waals surface area contributed by atoms with E-state index in [1.54, 1.807) is 0 Å². The van der Waals surface area contributed by atoms with Crippen LogP contribution in [-0.2, 0) is 0 Å². The second kappa shape index (κ2) is 6.71. The first kappa shape index (κ1) is 21.0. The minimum atomic E-state index is -10.7. The van der Waals surface area contributed by atoms with Gasteiger partial charge in [0.25, 0.3) is 6.33 Å². The van der Waals surface area contributed by atoms with Gasteiger partial charge < -0.3 is 4.90 Å². The molecule has 0 saturated heterocycles. The molecule has 27 heavy (non-hydrogen) atoms. The zero-order chi connectivity index (χ0) is 20.4. The average Bonchev–Trinajstić information content (AvgIpc) is 2.98. The van der Waals surface area contributed by atoms with Crippen LogP contribution in [-0.4, -0.2) is 17.5 Å². The Hall–Kier alpha value is -2.28. The van der Waals surface area contributed by atoms with E-state index < -0.39 is 7.81 Å². The molecule has 0 fully saturated rings. The summed E-state index contributed by atoms with van der Waals surface area (Å²) in [5, 5.41) is 0. The molecule has 0 radical (unpaired) electrons. The number of hydrogen-bond acceptors (Lipinski definition) is 1. The average molecular weight is 411 g/mol. The third-order valence-electron chi connectivity index (χ3n) is 3.72. The second-order valence-electron chi connectivity index (χ2n) is 5.83. The zero-order valence-corrected chi connectivity index (χ0v) is 15.6. The van der Waals surface area contributed by atoms with Gasteiger partial charge in [-0.05, 0) is 50.2 Å². The van der Waals surface area contributed by atoms with Gasteiger partial charge in [-0.3, -0.25) is 0 Å². The molecule has 3 rings (SSSR count). The number of rotatable bonds is 4. The molecule has 1 aromatic carbocycles. The maximum absolute atomic E-state index is 10.7. The molecule has 3 aromatic rings. The van der Waals surface area contributed by atoms with Gasteiger partial charge in [0.15, 0.2) is 5.52 Å². The fourth-order valence-electron chi connectivity index (χ4n) is 2.56. The Morgan fingerprint density at radius 2 is 1.44 bits per heavy atom. The van der Waals surface area contributed by atoms with Gasteiger partial charge in [0.2, 0.25) is 0 Å². The molecule has 0 unspecified atom stereocenters. The van der Waals surface area contributed by atoms with Crippen LogP contribution in [0.5, 0.6) is 0 Å². The first-order chi connectivity index (χ1) is 12.3. The van der Waals surface area contributed by atoms with Gasteiger partial charge in [0.1, 0.15) is 11.9 Å². The molecule has 0 N–H and O–H groups in total. The van der Waals surface area contributed by atoms with Crippen molar-refractivity contribution < 1.29 is 29.7 Å². The number of aromatic nitrogens is 2. The van der Waals surface area contributed by atoms with Crippen molar-refractivity contribution >= 4 is 19.0 Å². The molecule has 0 amide bonds. The number of anilines is 1. The summed E-state index contributed by atoms with van der Waals surface area (Å²) < 4.78 is 63.5. The zero-order valence-electron chi connectivity index (χ0n) is 14.7. The summed E-state index contributed by atoms with van der Waals surface area (Å²) in [4.78, 5) is 2.35. The van der Waals surface area contributed by atoms with Gasteiger partial charge in [-0.1, -0.05) is 6.07 Å². The van der Waals surface area contributed by atoms with Crippen LogP contribution < -0.4 is 9.47 Å². The van der Waals surface area contributed by atoms with E-state index in [1.807, 2.05) is 6.07 Å². The molecule has 2 heterocycles. The van der Waals surface area contributed by atoms with E-state index in [9.17, 15) is 25.2 Å². The number of benzene rings is 1. The first-order valence-corrected chi connectivity index (χ1v) is 10.2. The monoisotopic (exact) mass is 411 g/mol. The third-order valence-corrected chi connectivity index (χ3v) is 3.72. The number of halogens is 6. The van der Waals surface area contributed by atoms with Crippen LogP contribution in [0.2, 0.25) is 0 Å². The number of imidazole rings is 1. The van der Waals surface area contributed by atoms with Crippen molar-refractivity contribution in [3.63, 3.8) is 0 Å². The van der Waals surface area contributed by atoms with Crippen molar-refractivity contribution in [1.29, 1.82) is 0 Å². The Morgan fingerprint density at radius 1 is 0.889 bits per heavy atom. The Kier molecular flexibility index (Phi) is 5.22. The minimum absolute atomic E-state index is 1.04. The Balaban J connectivity index is 0.000000321. The molecular weight excluding hydrogens is 391 g/mol. The van der Waals surface area contributed by atoms with E-state index in [0.717, 1.165) is 13.1 Å². The van der Waals surface area contributed by atoms with Crippen LogP contribution in [0, 0.1) is 0 Å². The molecule has 0 atom stereocenters. The van der Waals surface area contributed by atoms with E-state index in [0.29, 0.717) is 0 Å².